The fourth-order valence-electron chi connectivity index (χ4n) is 0. The van der Waals surface area contributed by atoms with E-state index in [0.717, 1.165) is 0 Å². The summed E-state index contributed by atoms with van der Waals surface area (Å²) in [6.07, 6.45) is 0. The van der Waals surface area contributed by atoms with Crippen molar-refractivity contribution in [3.8, 4) is 0 Å². The molecule has 0 N–H and O–H groups in total. The molecule has 8 heavy (non-hydrogen) atoms. The Labute approximate surface area is 134 Å². The van der Waals surface area contributed by atoms with Gasteiger partial charge in [0.15, 0.2) is 0 Å². The van der Waals surface area contributed by atoms with E-state index in [2.05, 4.69) is 0 Å². The van der Waals surface area contributed by atoms with E-state index in [9.17, 15) is 0 Å². The first-order chi connectivity index (χ1) is 0. The molecular weight excluding hydrogens is 614 g/mol. The first-order valence-electron chi connectivity index (χ1n) is 0. The molecule has 0 nitrogen and oxygen atoms in total. The average Bonchev–Trinajstić information content (AvgIpc) is 0. The van der Waals surface area contributed by atoms with Crippen molar-refractivity contribution in [3.63, 3.8) is 0 Å². The van der Waals surface area contributed by atoms with Crippen molar-refractivity contribution in [1.29, 1.82) is 0 Å². The van der Waals surface area contributed by atoms with Gasteiger partial charge in [0, 0.05) is 17.1 Å². The molecule has 0 aliphatic rings. The van der Waals surface area contributed by atoms with Gasteiger partial charge in [-0.05, 0) is 0 Å². The Morgan fingerprint density at radius 1 is 0.250 bits per heavy atom. The third kappa shape index (κ3) is 51.8. The molecule has 0 aromatic rings. The SMILES string of the molecule is [Br-].[Br-].[Br-].[Br-].[Br-].[Br-].[Br-].[Mn]. The molecule has 0 amide bonds. The molecule has 8 heteroatoms. The Kier molecular flexibility index (Phi) is 824. The number of hydrogen-bond donors (Lipinski definition) is 0. The summed E-state index contributed by atoms with van der Waals surface area (Å²) in [5.74, 6) is 0. The maximum Gasteiger partial charge on any atom is 0 e. The van der Waals surface area contributed by atoms with Crippen LogP contribution in [0, 0.1) is 0 Å². The van der Waals surface area contributed by atoms with Gasteiger partial charge in [-0.25, -0.2) is 0 Å². The molecule has 0 aliphatic carbocycles. The van der Waals surface area contributed by atoms with Crippen LogP contribution in [0.15, 0.2) is 0 Å². The molecule has 0 aromatic heterocycles. The van der Waals surface area contributed by atoms with Crippen LogP contribution in [0.25, 0.3) is 0 Å². The summed E-state index contributed by atoms with van der Waals surface area (Å²) in [4.78, 5) is 0. The standard InChI is InChI=1S/7BrH.Mn/h7*1H;/p-7. The predicted octanol–water partition coefficient (Wildman–Crippen LogP) is -21.0. The van der Waals surface area contributed by atoms with Crippen LogP contribution in [-0.4, -0.2) is 0 Å². The van der Waals surface area contributed by atoms with Gasteiger partial charge in [0.05, 0.1) is 0 Å². The van der Waals surface area contributed by atoms with Gasteiger partial charge in [0.2, 0.25) is 0 Å². The third-order valence-corrected chi connectivity index (χ3v) is 0. The van der Waals surface area contributed by atoms with E-state index in [-0.39, 0.29) is 136 Å². The predicted molar refractivity (Wildman–Crippen MR) is 0 cm³/mol. The minimum atomic E-state index is 0. The Morgan fingerprint density at radius 3 is 0.250 bits per heavy atom. The summed E-state index contributed by atoms with van der Waals surface area (Å²) >= 11 is 0. The van der Waals surface area contributed by atoms with Crippen molar-refractivity contribution in [1.82, 2.24) is 0 Å². The van der Waals surface area contributed by atoms with E-state index in [1.54, 1.807) is 0 Å². The summed E-state index contributed by atoms with van der Waals surface area (Å²) in [6, 6.07) is 0. The molecule has 0 saturated heterocycles. The summed E-state index contributed by atoms with van der Waals surface area (Å²) in [5.41, 5.74) is 0. The Hall–Kier alpha value is 3.88. The largest absolute Gasteiger partial charge is 1.00 e. The molecule has 1 radical (unpaired) electrons. The van der Waals surface area contributed by atoms with Gasteiger partial charge in [-0.1, -0.05) is 0 Å². The molecule has 0 fully saturated rings. The van der Waals surface area contributed by atoms with Gasteiger partial charge in [0.25, 0.3) is 0 Å². The quantitative estimate of drug-likeness (QED) is 0.238. The first-order valence-corrected chi connectivity index (χ1v) is 0. The fourth-order valence-corrected chi connectivity index (χ4v) is 0. The molecule has 0 saturated carbocycles. The van der Waals surface area contributed by atoms with Crippen molar-refractivity contribution in [2.75, 3.05) is 0 Å². The average molecular weight is 614 g/mol. The number of hydrogen-bond acceptors (Lipinski definition) is 0. The van der Waals surface area contributed by atoms with E-state index < -0.39 is 0 Å². The maximum absolute atomic E-state index is 0. The van der Waals surface area contributed by atoms with Crippen molar-refractivity contribution in [3.05, 3.63) is 0 Å². The zero-order valence-corrected chi connectivity index (χ0v) is 15.3. The second kappa shape index (κ2) is 70.6. The molecule has 0 atom stereocenters. The van der Waals surface area contributed by atoms with Crippen LogP contribution in [-0.2, 0) is 17.1 Å². The smallest absolute Gasteiger partial charge is 0 e. The van der Waals surface area contributed by atoms with Crippen LogP contribution in [0.3, 0.4) is 0 Å². The fraction of sp³-hybridized carbons (Fsp3) is 0. The van der Waals surface area contributed by atoms with Crippen LogP contribution < -0.4 is 119 Å². The van der Waals surface area contributed by atoms with Crippen LogP contribution >= 0.6 is 0 Å². The Morgan fingerprint density at radius 2 is 0.250 bits per heavy atom. The maximum atomic E-state index is 0. The van der Waals surface area contributed by atoms with Crippen molar-refractivity contribution in [2.45, 2.75) is 0 Å². The molecule has 0 rings (SSSR count). The molecule has 0 bridgehead atoms. The minimum absolute atomic E-state index is 0. The molecule has 0 spiro atoms. The second-order valence-electron chi connectivity index (χ2n) is 0. The van der Waals surface area contributed by atoms with E-state index >= 15 is 0 Å². The number of halogens is 7. The molecule has 0 heterocycles. The van der Waals surface area contributed by atoms with Crippen molar-refractivity contribution in [2.24, 2.45) is 0 Å². The van der Waals surface area contributed by atoms with Gasteiger partial charge in [-0.2, -0.15) is 0 Å². The van der Waals surface area contributed by atoms with E-state index in [0.29, 0.717) is 0 Å². The Bertz CT molecular complexity index is 4.35. The van der Waals surface area contributed by atoms with Crippen molar-refractivity contribution < 1.29 is 136 Å². The first kappa shape index (κ1) is 93.4. The molecule has 0 unspecified atom stereocenters. The normalized spacial score (nSPS) is 0. The van der Waals surface area contributed by atoms with Gasteiger partial charge in [-0.3, -0.25) is 0 Å². The van der Waals surface area contributed by atoms with Gasteiger partial charge in [0.1, 0.15) is 0 Å². The molecule has 0 aromatic carbocycles. The summed E-state index contributed by atoms with van der Waals surface area (Å²) in [6.45, 7) is 0. The number of rotatable bonds is 0. The monoisotopic (exact) mass is 607 g/mol. The second-order valence-corrected chi connectivity index (χ2v) is 0. The minimum Gasteiger partial charge on any atom is -1.00 e. The van der Waals surface area contributed by atoms with Crippen molar-refractivity contribution >= 4 is 0 Å². The van der Waals surface area contributed by atoms with Crippen LogP contribution in [0.1, 0.15) is 0 Å². The van der Waals surface area contributed by atoms with E-state index in [4.69, 9.17) is 0 Å². The summed E-state index contributed by atoms with van der Waals surface area (Å²) < 4.78 is 0. The summed E-state index contributed by atoms with van der Waals surface area (Å²) in [5, 5.41) is 0. The molecule has 63 valence electrons. The zero-order chi connectivity index (χ0) is 0. The molecular formula is Br7Mn-7. The van der Waals surface area contributed by atoms with Crippen LogP contribution in [0.5, 0.6) is 0 Å². The zero-order valence-electron chi connectivity index (χ0n) is 3.02. The topological polar surface area (TPSA) is 0 Å². The Balaban J connectivity index is 0. The van der Waals surface area contributed by atoms with Crippen LogP contribution in [0.4, 0.5) is 0 Å². The van der Waals surface area contributed by atoms with Gasteiger partial charge >= 0.3 is 0 Å². The third-order valence-electron chi connectivity index (χ3n) is 0. The van der Waals surface area contributed by atoms with Gasteiger partial charge in [-0.15, -0.1) is 0 Å². The summed E-state index contributed by atoms with van der Waals surface area (Å²) in [7, 11) is 0. The molecule has 0 aliphatic heterocycles. The van der Waals surface area contributed by atoms with E-state index in [1.807, 2.05) is 0 Å². The van der Waals surface area contributed by atoms with E-state index in [1.165, 1.54) is 0 Å². The van der Waals surface area contributed by atoms with Gasteiger partial charge < -0.3 is 119 Å². The van der Waals surface area contributed by atoms with Crippen LogP contribution in [0.2, 0.25) is 0 Å².